The number of halogens is 4. The van der Waals surface area contributed by atoms with Crippen LogP contribution in [0, 0.1) is 0 Å². The lowest BCUT2D eigenvalue weighted by Gasteiger charge is -2.17. The van der Waals surface area contributed by atoms with Crippen molar-refractivity contribution in [1.29, 1.82) is 0 Å². The zero-order chi connectivity index (χ0) is 17.5. The topological polar surface area (TPSA) is 62.9 Å². The number of nitrogens with one attached hydrogen (secondary N) is 1. The maximum Gasteiger partial charge on any atom is 0.401 e. The SMILES string of the molecule is COc1ccc(NC(N)=NCCCN(C)CC(F)(F)F)cc1Cl. The summed E-state index contributed by atoms with van der Waals surface area (Å²) in [7, 11) is 2.93. The van der Waals surface area contributed by atoms with Crippen LogP contribution in [0.5, 0.6) is 5.75 Å². The minimum absolute atomic E-state index is 0.171. The zero-order valence-electron chi connectivity index (χ0n) is 13.0. The molecule has 0 aliphatic rings. The summed E-state index contributed by atoms with van der Waals surface area (Å²) in [6.07, 6.45) is -3.72. The number of hydrogen-bond acceptors (Lipinski definition) is 3. The minimum atomic E-state index is -4.19. The fourth-order valence-corrected chi connectivity index (χ4v) is 2.11. The number of rotatable bonds is 7. The van der Waals surface area contributed by atoms with Gasteiger partial charge >= 0.3 is 6.18 Å². The van der Waals surface area contributed by atoms with Crippen molar-refractivity contribution in [2.24, 2.45) is 10.7 Å². The number of aliphatic imine (C=N–C) groups is 1. The molecule has 0 fully saturated rings. The van der Waals surface area contributed by atoms with Gasteiger partial charge in [0.15, 0.2) is 5.96 Å². The first-order valence-corrected chi connectivity index (χ1v) is 7.25. The number of guanidine groups is 1. The summed E-state index contributed by atoms with van der Waals surface area (Å²) in [5, 5.41) is 3.28. The van der Waals surface area contributed by atoms with E-state index in [2.05, 4.69) is 10.3 Å². The van der Waals surface area contributed by atoms with Crippen LogP contribution in [0.3, 0.4) is 0 Å². The Kier molecular flexibility index (Phi) is 7.44. The number of methoxy groups -OCH3 is 1. The second kappa shape index (κ2) is 8.83. The van der Waals surface area contributed by atoms with E-state index in [1.54, 1.807) is 18.2 Å². The number of nitrogens with two attached hydrogens (primary N) is 1. The first kappa shape index (κ1) is 19.4. The quantitative estimate of drug-likeness (QED) is 0.450. The van der Waals surface area contributed by atoms with E-state index in [0.29, 0.717) is 29.4 Å². The van der Waals surface area contributed by atoms with Crippen molar-refractivity contribution in [1.82, 2.24) is 4.90 Å². The molecule has 0 spiro atoms. The van der Waals surface area contributed by atoms with Gasteiger partial charge in [-0.25, -0.2) is 0 Å². The Bertz CT molecular complexity index is 537. The molecule has 130 valence electrons. The molecule has 0 saturated heterocycles. The van der Waals surface area contributed by atoms with Crippen molar-refractivity contribution in [3.63, 3.8) is 0 Å². The summed E-state index contributed by atoms with van der Waals surface area (Å²) in [4.78, 5) is 5.26. The van der Waals surface area contributed by atoms with Crippen LogP contribution in [0.1, 0.15) is 6.42 Å². The highest BCUT2D eigenvalue weighted by Gasteiger charge is 2.28. The molecule has 0 amide bonds. The molecule has 0 aromatic heterocycles. The molecule has 0 unspecified atom stereocenters. The van der Waals surface area contributed by atoms with E-state index in [1.807, 2.05) is 0 Å². The highest BCUT2D eigenvalue weighted by molar-refractivity contribution is 6.32. The van der Waals surface area contributed by atoms with Gasteiger partial charge in [0.2, 0.25) is 0 Å². The Hall–Kier alpha value is -1.67. The highest BCUT2D eigenvalue weighted by Crippen LogP contribution is 2.27. The molecule has 0 aliphatic carbocycles. The summed E-state index contributed by atoms with van der Waals surface area (Å²) < 4.78 is 41.5. The molecule has 5 nitrogen and oxygen atoms in total. The molecular formula is C14H20ClF3N4O. The minimum Gasteiger partial charge on any atom is -0.495 e. The van der Waals surface area contributed by atoms with E-state index in [1.165, 1.54) is 19.1 Å². The summed E-state index contributed by atoms with van der Waals surface area (Å²) in [5.41, 5.74) is 6.36. The maximum absolute atomic E-state index is 12.2. The lowest BCUT2D eigenvalue weighted by molar-refractivity contribution is -0.143. The lowest BCUT2D eigenvalue weighted by atomic mass is 10.3. The van der Waals surface area contributed by atoms with Crippen molar-refractivity contribution < 1.29 is 17.9 Å². The molecule has 0 aliphatic heterocycles. The van der Waals surface area contributed by atoms with Gasteiger partial charge in [0.25, 0.3) is 0 Å². The fourth-order valence-electron chi connectivity index (χ4n) is 1.86. The van der Waals surface area contributed by atoms with E-state index in [0.717, 1.165) is 0 Å². The van der Waals surface area contributed by atoms with Crippen molar-refractivity contribution in [2.45, 2.75) is 12.6 Å². The van der Waals surface area contributed by atoms with Crippen LogP contribution < -0.4 is 15.8 Å². The molecule has 1 aromatic carbocycles. The predicted octanol–water partition coefficient (Wildman–Crippen LogP) is 2.96. The Morgan fingerprint density at radius 3 is 2.70 bits per heavy atom. The molecule has 0 bridgehead atoms. The van der Waals surface area contributed by atoms with E-state index in [-0.39, 0.29) is 12.5 Å². The average molecular weight is 353 g/mol. The number of benzene rings is 1. The molecule has 3 N–H and O–H groups in total. The Morgan fingerprint density at radius 2 is 2.13 bits per heavy atom. The Balaban J connectivity index is 2.39. The molecule has 9 heteroatoms. The summed E-state index contributed by atoms with van der Waals surface area (Å²) >= 11 is 5.98. The second-order valence-electron chi connectivity index (χ2n) is 4.95. The number of nitrogens with zero attached hydrogens (tertiary/aromatic N) is 2. The van der Waals surface area contributed by atoms with Gasteiger partial charge in [-0.05, 0) is 38.2 Å². The van der Waals surface area contributed by atoms with Crippen LogP contribution in [-0.2, 0) is 0 Å². The smallest absolute Gasteiger partial charge is 0.401 e. The number of anilines is 1. The summed E-state index contributed by atoms with van der Waals surface area (Å²) in [5.74, 6) is 0.713. The van der Waals surface area contributed by atoms with Gasteiger partial charge in [0.05, 0.1) is 18.7 Å². The van der Waals surface area contributed by atoms with E-state index in [9.17, 15) is 13.2 Å². The molecule has 0 heterocycles. The molecule has 0 atom stereocenters. The second-order valence-corrected chi connectivity index (χ2v) is 5.36. The van der Waals surface area contributed by atoms with Crippen molar-refractivity contribution in [2.75, 3.05) is 39.1 Å². The van der Waals surface area contributed by atoms with E-state index >= 15 is 0 Å². The number of hydrogen-bond donors (Lipinski definition) is 2. The normalized spacial score (nSPS) is 12.6. The first-order valence-electron chi connectivity index (χ1n) is 6.87. The van der Waals surface area contributed by atoms with Gasteiger partial charge in [0.1, 0.15) is 5.75 Å². The van der Waals surface area contributed by atoms with Crippen LogP contribution in [-0.4, -0.2) is 50.8 Å². The van der Waals surface area contributed by atoms with Gasteiger partial charge in [-0.3, -0.25) is 9.89 Å². The lowest BCUT2D eigenvalue weighted by Crippen LogP contribution is -2.32. The number of alkyl halides is 3. The maximum atomic E-state index is 12.2. The third kappa shape index (κ3) is 7.94. The fraction of sp³-hybridized carbons (Fsp3) is 0.500. The first-order chi connectivity index (χ1) is 10.7. The van der Waals surface area contributed by atoms with Gasteiger partial charge in [0, 0.05) is 12.2 Å². The van der Waals surface area contributed by atoms with Gasteiger partial charge in [-0.2, -0.15) is 13.2 Å². The van der Waals surface area contributed by atoms with Crippen LogP contribution in [0.25, 0.3) is 0 Å². The monoisotopic (exact) mass is 352 g/mol. The average Bonchev–Trinajstić information content (AvgIpc) is 2.42. The Labute approximate surface area is 138 Å². The summed E-state index contributed by atoms with van der Waals surface area (Å²) in [6.45, 7) is -0.329. The van der Waals surface area contributed by atoms with E-state index in [4.69, 9.17) is 22.1 Å². The molecule has 23 heavy (non-hydrogen) atoms. The largest absolute Gasteiger partial charge is 0.495 e. The molecule has 1 aromatic rings. The van der Waals surface area contributed by atoms with Gasteiger partial charge in [-0.15, -0.1) is 0 Å². The zero-order valence-corrected chi connectivity index (χ0v) is 13.7. The van der Waals surface area contributed by atoms with Crippen LogP contribution >= 0.6 is 11.6 Å². The summed E-state index contributed by atoms with van der Waals surface area (Å²) in [6, 6.07) is 5.05. The van der Waals surface area contributed by atoms with Gasteiger partial charge in [-0.1, -0.05) is 11.6 Å². The van der Waals surface area contributed by atoms with Crippen LogP contribution in [0.2, 0.25) is 5.02 Å². The molecule has 0 radical (unpaired) electrons. The standard InChI is InChI=1S/C14H20ClF3N4O/c1-22(9-14(16,17)18)7-3-6-20-13(19)21-10-4-5-12(23-2)11(15)8-10/h4-5,8H,3,6-7,9H2,1-2H3,(H3,19,20,21). The van der Waals surface area contributed by atoms with Crippen molar-refractivity contribution in [3.05, 3.63) is 23.2 Å². The molecule has 1 rings (SSSR count). The third-order valence-corrected chi connectivity index (χ3v) is 3.15. The Morgan fingerprint density at radius 1 is 1.43 bits per heavy atom. The van der Waals surface area contributed by atoms with Crippen molar-refractivity contribution in [3.8, 4) is 5.75 Å². The molecular weight excluding hydrogens is 333 g/mol. The highest BCUT2D eigenvalue weighted by atomic mass is 35.5. The number of ether oxygens (including phenoxy) is 1. The molecule has 0 saturated carbocycles. The van der Waals surface area contributed by atoms with Crippen LogP contribution in [0.15, 0.2) is 23.2 Å². The van der Waals surface area contributed by atoms with Crippen LogP contribution in [0.4, 0.5) is 18.9 Å². The van der Waals surface area contributed by atoms with Gasteiger partial charge < -0.3 is 15.8 Å². The third-order valence-electron chi connectivity index (χ3n) is 2.85. The predicted molar refractivity (Wildman–Crippen MR) is 86.3 cm³/mol. The van der Waals surface area contributed by atoms with Crippen molar-refractivity contribution >= 4 is 23.2 Å². The van der Waals surface area contributed by atoms with E-state index < -0.39 is 12.7 Å².